The van der Waals surface area contributed by atoms with E-state index in [2.05, 4.69) is 16.0 Å². The molecule has 0 spiro atoms. The number of hydrogen-bond acceptors (Lipinski definition) is 4. The summed E-state index contributed by atoms with van der Waals surface area (Å²) < 4.78 is 1.97. The van der Waals surface area contributed by atoms with Crippen molar-refractivity contribution < 1.29 is 4.79 Å². The molecule has 1 saturated heterocycles. The summed E-state index contributed by atoms with van der Waals surface area (Å²) in [5.74, 6) is 0.906. The summed E-state index contributed by atoms with van der Waals surface area (Å²) in [4.78, 5) is 26.0. The van der Waals surface area contributed by atoms with Crippen molar-refractivity contribution >= 4 is 17.4 Å². The average molecular weight is 349 g/mol. The van der Waals surface area contributed by atoms with E-state index in [0.717, 1.165) is 42.1 Å². The van der Waals surface area contributed by atoms with Crippen LogP contribution in [0.15, 0.2) is 42.7 Å². The van der Waals surface area contributed by atoms with Crippen molar-refractivity contribution in [2.75, 3.05) is 25.5 Å². The zero-order chi connectivity index (χ0) is 18.3. The van der Waals surface area contributed by atoms with Gasteiger partial charge in [0, 0.05) is 38.7 Å². The average Bonchev–Trinajstić information content (AvgIpc) is 3.29. The number of carbonyl (C=O) groups excluding carboxylic acids is 1. The van der Waals surface area contributed by atoms with Crippen LogP contribution in [0.1, 0.15) is 40.6 Å². The van der Waals surface area contributed by atoms with E-state index in [0.29, 0.717) is 5.69 Å². The first-order valence-corrected chi connectivity index (χ1v) is 8.93. The van der Waals surface area contributed by atoms with Gasteiger partial charge in [0.1, 0.15) is 17.2 Å². The van der Waals surface area contributed by atoms with Gasteiger partial charge in [-0.1, -0.05) is 6.07 Å². The van der Waals surface area contributed by atoms with Crippen molar-refractivity contribution in [3.63, 3.8) is 0 Å². The molecule has 1 amide bonds. The molecule has 26 heavy (non-hydrogen) atoms. The number of aryl methyl sites for hydroxylation is 1. The first-order valence-electron chi connectivity index (χ1n) is 8.93. The normalized spacial score (nSPS) is 17.0. The molecule has 6 heteroatoms. The Balaban J connectivity index is 1.66. The van der Waals surface area contributed by atoms with Crippen LogP contribution in [0, 0.1) is 6.92 Å². The number of fused-ring (bicyclic) bond motifs is 1. The number of hydrogen-bond donors (Lipinski definition) is 0. The van der Waals surface area contributed by atoms with E-state index in [-0.39, 0.29) is 11.9 Å². The van der Waals surface area contributed by atoms with Gasteiger partial charge in [-0.3, -0.25) is 4.79 Å². The van der Waals surface area contributed by atoms with Crippen LogP contribution in [-0.4, -0.2) is 45.8 Å². The predicted octanol–water partition coefficient (Wildman–Crippen LogP) is 3.08. The topological polar surface area (TPSA) is 53.7 Å². The molecule has 3 aromatic heterocycles. The Morgan fingerprint density at radius 3 is 2.88 bits per heavy atom. The molecule has 0 saturated carbocycles. The van der Waals surface area contributed by atoms with Crippen LogP contribution in [0.2, 0.25) is 0 Å². The van der Waals surface area contributed by atoms with Gasteiger partial charge in [0.2, 0.25) is 0 Å². The molecule has 4 heterocycles. The van der Waals surface area contributed by atoms with Crippen molar-refractivity contribution in [1.82, 2.24) is 19.3 Å². The number of imidazole rings is 1. The Labute approximate surface area is 153 Å². The highest BCUT2D eigenvalue weighted by molar-refractivity contribution is 5.93. The van der Waals surface area contributed by atoms with Crippen molar-refractivity contribution in [3.8, 4) is 0 Å². The Morgan fingerprint density at radius 2 is 2.12 bits per heavy atom. The van der Waals surface area contributed by atoms with Gasteiger partial charge in [0.25, 0.3) is 5.91 Å². The SMILES string of the molecule is Cc1cccc2nc(C(=O)N3CCCC3c3ccnc(N(C)C)c3)cn12. The second-order valence-corrected chi connectivity index (χ2v) is 7.02. The maximum Gasteiger partial charge on any atom is 0.274 e. The summed E-state index contributed by atoms with van der Waals surface area (Å²) in [6.45, 7) is 2.78. The predicted molar refractivity (Wildman–Crippen MR) is 102 cm³/mol. The highest BCUT2D eigenvalue weighted by atomic mass is 16.2. The van der Waals surface area contributed by atoms with E-state index in [9.17, 15) is 4.79 Å². The number of nitrogens with zero attached hydrogens (tertiary/aromatic N) is 5. The van der Waals surface area contributed by atoms with Crippen LogP contribution < -0.4 is 4.90 Å². The Bertz CT molecular complexity index is 962. The standard InChI is InChI=1S/C20H23N5O/c1-14-6-4-8-18-22-16(13-25(14)18)20(26)24-11-5-7-17(24)15-9-10-21-19(12-15)23(2)3/h4,6,8-10,12-13,17H,5,7,11H2,1-3H3. The third-order valence-corrected chi connectivity index (χ3v) is 5.04. The summed E-state index contributed by atoms with van der Waals surface area (Å²) in [7, 11) is 3.95. The monoisotopic (exact) mass is 349 g/mol. The molecule has 1 fully saturated rings. The lowest BCUT2D eigenvalue weighted by Crippen LogP contribution is -2.31. The zero-order valence-electron chi connectivity index (χ0n) is 15.4. The Kier molecular flexibility index (Phi) is 4.11. The minimum absolute atomic E-state index is 0.00110. The van der Waals surface area contributed by atoms with E-state index in [1.165, 1.54) is 0 Å². The van der Waals surface area contributed by atoms with E-state index in [1.807, 2.05) is 71.9 Å². The van der Waals surface area contributed by atoms with Gasteiger partial charge in [-0.2, -0.15) is 0 Å². The van der Waals surface area contributed by atoms with Crippen LogP contribution in [0.25, 0.3) is 5.65 Å². The van der Waals surface area contributed by atoms with E-state index >= 15 is 0 Å². The number of carbonyl (C=O) groups is 1. The molecule has 0 aliphatic carbocycles. The maximum absolute atomic E-state index is 13.2. The third kappa shape index (κ3) is 2.81. The lowest BCUT2D eigenvalue weighted by atomic mass is 10.1. The van der Waals surface area contributed by atoms with Crippen LogP contribution in [-0.2, 0) is 0 Å². The van der Waals surface area contributed by atoms with Gasteiger partial charge in [-0.15, -0.1) is 0 Å². The van der Waals surface area contributed by atoms with Crippen molar-refractivity contribution in [2.45, 2.75) is 25.8 Å². The van der Waals surface area contributed by atoms with E-state index < -0.39 is 0 Å². The molecular formula is C20H23N5O. The number of likely N-dealkylation sites (tertiary alicyclic amines) is 1. The molecule has 0 aromatic carbocycles. The maximum atomic E-state index is 13.2. The summed E-state index contributed by atoms with van der Waals surface area (Å²) in [6, 6.07) is 10.1. The van der Waals surface area contributed by atoms with Gasteiger partial charge in [-0.25, -0.2) is 9.97 Å². The Morgan fingerprint density at radius 1 is 1.27 bits per heavy atom. The molecule has 0 radical (unpaired) electrons. The number of rotatable bonds is 3. The summed E-state index contributed by atoms with van der Waals surface area (Å²) in [6.07, 6.45) is 5.64. The van der Waals surface area contributed by atoms with Crippen molar-refractivity contribution in [2.24, 2.45) is 0 Å². The first kappa shape index (κ1) is 16.6. The molecule has 1 atom stereocenters. The van der Waals surface area contributed by atoms with Crippen LogP contribution in [0.5, 0.6) is 0 Å². The molecule has 1 aliphatic heterocycles. The van der Waals surface area contributed by atoms with Gasteiger partial charge in [0.05, 0.1) is 6.04 Å². The van der Waals surface area contributed by atoms with Crippen molar-refractivity contribution in [1.29, 1.82) is 0 Å². The van der Waals surface area contributed by atoms with Crippen LogP contribution in [0.4, 0.5) is 5.82 Å². The smallest absolute Gasteiger partial charge is 0.274 e. The fourth-order valence-electron chi connectivity index (χ4n) is 3.64. The number of pyridine rings is 2. The summed E-state index contributed by atoms with van der Waals surface area (Å²) >= 11 is 0. The van der Waals surface area contributed by atoms with Crippen molar-refractivity contribution in [3.05, 3.63) is 59.7 Å². The second kappa shape index (κ2) is 6.44. The molecule has 4 rings (SSSR count). The molecular weight excluding hydrogens is 326 g/mol. The van der Waals surface area contributed by atoms with E-state index in [1.54, 1.807) is 0 Å². The molecule has 1 unspecified atom stereocenters. The Hall–Kier alpha value is -2.89. The summed E-state index contributed by atoms with van der Waals surface area (Å²) in [5.41, 5.74) is 3.52. The molecule has 0 bridgehead atoms. The quantitative estimate of drug-likeness (QED) is 0.729. The third-order valence-electron chi connectivity index (χ3n) is 5.04. The van der Waals surface area contributed by atoms with Crippen LogP contribution >= 0.6 is 0 Å². The lowest BCUT2D eigenvalue weighted by Gasteiger charge is -2.25. The zero-order valence-corrected chi connectivity index (χ0v) is 15.4. The number of aromatic nitrogens is 3. The molecule has 134 valence electrons. The van der Waals surface area contributed by atoms with Gasteiger partial charge in [0.15, 0.2) is 0 Å². The van der Waals surface area contributed by atoms with E-state index in [4.69, 9.17) is 0 Å². The lowest BCUT2D eigenvalue weighted by molar-refractivity contribution is 0.0730. The number of anilines is 1. The molecule has 0 N–H and O–H groups in total. The summed E-state index contributed by atoms with van der Waals surface area (Å²) in [5, 5.41) is 0. The van der Waals surface area contributed by atoms with Crippen LogP contribution in [0.3, 0.4) is 0 Å². The molecule has 1 aliphatic rings. The second-order valence-electron chi connectivity index (χ2n) is 7.02. The van der Waals surface area contributed by atoms with Gasteiger partial charge < -0.3 is 14.2 Å². The molecule has 6 nitrogen and oxygen atoms in total. The molecule has 3 aromatic rings. The first-order chi connectivity index (χ1) is 12.5. The minimum atomic E-state index is -0.00110. The fraction of sp³-hybridized carbons (Fsp3) is 0.350. The highest BCUT2D eigenvalue weighted by Gasteiger charge is 2.32. The minimum Gasteiger partial charge on any atom is -0.363 e. The fourth-order valence-corrected chi connectivity index (χ4v) is 3.64. The van der Waals surface area contributed by atoms with Gasteiger partial charge in [-0.05, 0) is 49.6 Å². The van der Waals surface area contributed by atoms with Gasteiger partial charge >= 0.3 is 0 Å². The largest absolute Gasteiger partial charge is 0.363 e. The number of amides is 1. The highest BCUT2D eigenvalue weighted by Crippen LogP contribution is 2.34.